The largest absolute Gasteiger partial charge is 0.454 e. The molecule has 0 amide bonds. The molecule has 0 radical (unpaired) electrons. The summed E-state index contributed by atoms with van der Waals surface area (Å²) in [6.07, 6.45) is 1.20. The third kappa shape index (κ3) is 2.41. The minimum absolute atomic E-state index is 0.325. The smallest absolute Gasteiger partial charge is 0.231 e. The molecule has 2 aliphatic heterocycles. The van der Waals surface area contributed by atoms with Gasteiger partial charge in [-0.15, -0.1) is 0 Å². The Balaban J connectivity index is 1.69. The first-order valence-corrected chi connectivity index (χ1v) is 6.64. The number of halogens is 1. The van der Waals surface area contributed by atoms with Crippen molar-refractivity contribution in [3.05, 3.63) is 22.2 Å². The van der Waals surface area contributed by atoms with Gasteiger partial charge < -0.3 is 20.1 Å². The number of rotatable bonds is 3. The van der Waals surface area contributed by atoms with E-state index in [-0.39, 0.29) is 0 Å². The predicted octanol–water partition coefficient (Wildman–Crippen LogP) is 1.63. The van der Waals surface area contributed by atoms with Crippen molar-refractivity contribution in [1.82, 2.24) is 10.6 Å². The molecule has 1 atom stereocenters. The van der Waals surface area contributed by atoms with Gasteiger partial charge in [-0.05, 0) is 30.7 Å². The van der Waals surface area contributed by atoms with E-state index in [0.29, 0.717) is 12.8 Å². The summed E-state index contributed by atoms with van der Waals surface area (Å²) in [5.41, 5.74) is 1.21. The molecule has 1 unspecified atom stereocenters. The molecule has 2 aliphatic rings. The third-order valence-corrected chi connectivity index (χ3v) is 3.92. The lowest BCUT2D eigenvalue weighted by Gasteiger charge is -2.12. The normalized spacial score (nSPS) is 22.1. The van der Waals surface area contributed by atoms with Gasteiger partial charge in [-0.3, -0.25) is 0 Å². The Labute approximate surface area is 109 Å². The van der Waals surface area contributed by atoms with E-state index in [4.69, 9.17) is 9.47 Å². The zero-order valence-electron chi connectivity index (χ0n) is 9.46. The molecule has 2 N–H and O–H groups in total. The van der Waals surface area contributed by atoms with E-state index in [1.807, 2.05) is 12.1 Å². The Morgan fingerprint density at radius 1 is 1.35 bits per heavy atom. The van der Waals surface area contributed by atoms with Crippen LogP contribution in [0.25, 0.3) is 0 Å². The summed E-state index contributed by atoms with van der Waals surface area (Å²) in [5.74, 6) is 1.66. The number of nitrogens with one attached hydrogen (secondary N) is 2. The molecule has 1 aromatic carbocycles. The van der Waals surface area contributed by atoms with Crippen molar-refractivity contribution in [2.75, 3.05) is 19.9 Å². The second-order valence-corrected chi connectivity index (χ2v) is 5.22. The first-order valence-electron chi connectivity index (χ1n) is 5.85. The lowest BCUT2D eigenvalue weighted by atomic mass is 10.2. The van der Waals surface area contributed by atoms with E-state index in [0.717, 1.165) is 35.6 Å². The van der Waals surface area contributed by atoms with E-state index in [9.17, 15) is 0 Å². The quantitative estimate of drug-likeness (QED) is 0.890. The summed E-state index contributed by atoms with van der Waals surface area (Å²) in [7, 11) is 0. The fourth-order valence-electron chi connectivity index (χ4n) is 2.18. The highest BCUT2D eigenvalue weighted by Gasteiger charge is 2.18. The van der Waals surface area contributed by atoms with E-state index >= 15 is 0 Å². The highest BCUT2D eigenvalue weighted by atomic mass is 79.9. The van der Waals surface area contributed by atoms with Gasteiger partial charge in [-0.1, -0.05) is 15.9 Å². The summed E-state index contributed by atoms with van der Waals surface area (Å²) in [4.78, 5) is 0. The van der Waals surface area contributed by atoms with E-state index in [2.05, 4.69) is 26.6 Å². The molecule has 0 bridgehead atoms. The first-order chi connectivity index (χ1) is 8.33. The number of hydrogen-bond donors (Lipinski definition) is 2. The maximum absolute atomic E-state index is 5.38. The van der Waals surface area contributed by atoms with Crippen LogP contribution in [0.15, 0.2) is 16.6 Å². The van der Waals surface area contributed by atoms with Crippen LogP contribution >= 0.6 is 15.9 Å². The topological polar surface area (TPSA) is 42.5 Å². The predicted molar refractivity (Wildman–Crippen MR) is 68.4 cm³/mol. The van der Waals surface area contributed by atoms with Gasteiger partial charge in [0.1, 0.15) is 0 Å². The van der Waals surface area contributed by atoms with Gasteiger partial charge in [0, 0.05) is 23.6 Å². The van der Waals surface area contributed by atoms with E-state index in [1.54, 1.807) is 0 Å². The SMILES string of the molecule is Brc1cc2c(cc1CNC1CCNC1)OCO2. The van der Waals surface area contributed by atoms with E-state index in [1.165, 1.54) is 12.0 Å². The minimum atomic E-state index is 0.325. The van der Waals surface area contributed by atoms with Gasteiger partial charge >= 0.3 is 0 Å². The van der Waals surface area contributed by atoms with Gasteiger partial charge in [-0.2, -0.15) is 0 Å². The zero-order valence-corrected chi connectivity index (χ0v) is 11.0. The van der Waals surface area contributed by atoms with Gasteiger partial charge in [0.2, 0.25) is 6.79 Å². The van der Waals surface area contributed by atoms with Crippen molar-refractivity contribution in [3.63, 3.8) is 0 Å². The fraction of sp³-hybridized carbons (Fsp3) is 0.500. The van der Waals surface area contributed by atoms with Gasteiger partial charge in [0.15, 0.2) is 11.5 Å². The van der Waals surface area contributed by atoms with Crippen molar-refractivity contribution >= 4 is 15.9 Å². The molecule has 2 heterocycles. The summed E-state index contributed by atoms with van der Waals surface area (Å²) in [6, 6.07) is 4.60. The molecule has 0 aliphatic carbocycles. The van der Waals surface area contributed by atoms with E-state index < -0.39 is 0 Å². The van der Waals surface area contributed by atoms with Gasteiger partial charge in [0.25, 0.3) is 0 Å². The monoisotopic (exact) mass is 298 g/mol. The number of fused-ring (bicyclic) bond motifs is 1. The summed E-state index contributed by atoms with van der Waals surface area (Å²) < 4.78 is 11.8. The average molecular weight is 299 g/mol. The first kappa shape index (κ1) is 11.3. The summed E-state index contributed by atoms with van der Waals surface area (Å²) in [6.45, 7) is 3.34. The van der Waals surface area contributed by atoms with Crippen molar-refractivity contribution in [3.8, 4) is 11.5 Å². The summed E-state index contributed by atoms with van der Waals surface area (Å²) in [5, 5.41) is 6.89. The third-order valence-electron chi connectivity index (χ3n) is 3.18. The van der Waals surface area contributed by atoms with Crippen LogP contribution in [0.4, 0.5) is 0 Å². The van der Waals surface area contributed by atoms with Crippen LogP contribution in [0.1, 0.15) is 12.0 Å². The molecular formula is C12H15BrN2O2. The van der Waals surface area contributed by atoms with Crippen LogP contribution in [-0.2, 0) is 6.54 Å². The standard InChI is InChI=1S/C12H15BrN2O2/c13-10-4-12-11(16-7-17-12)3-8(10)5-15-9-1-2-14-6-9/h3-4,9,14-15H,1-2,5-7H2. The van der Waals surface area contributed by atoms with Crippen LogP contribution in [0, 0.1) is 0 Å². The zero-order chi connectivity index (χ0) is 11.7. The van der Waals surface area contributed by atoms with Gasteiger partial charge in [-0.25, -0.2) is 0 Å². The highest BCUT2D eigenvalue weighted by molar-refractivity contribution is 9.10. The van der Waals surface area contributed by atoms with Crippen LogP contribution in [-0.4, -0.2) is 25.9 Å². The van der Waals surface area contributed by atoms with Crippen LogP contribution < -0.4 is 20.1 Å². The number of hydrogen-bond acceptors (Lipinski definition) is 4. The van der Waals surface area contributed by atoms with Crippen molar-refractivity contribution in [2.24, 2.45) is 0 Å². The maximum Gasteiger partial charge on any atom is 0.231 e. The Hall–Kier alpha value is -0.780. The molecule has 92 valence electrons. The number of benzene rings is 1. The highest BCUT2D eigenvalue weighted by Crippen LogP contribution is 2.36. The molecule has 0 aromatic heterocycles. The van der Waals surface area contributed by atoms with Crippen molar-refractivity contribution in [2.45, 2.75) is 19.0 Å². The minimum Gasteiger partial charge on any atom is -0.454 e. The molecule has 0 spiro atoms. The fourth-order valence-corrected chi connectivity index (χ4v) is 2.64. The maximum atomic E-state index is 5.38. The lowest BCUT2D eigenvalue weighted by molar-refractivity contribution is 0.174. The second kappa shape index (κ2) is 4.84. The Morgan fingerprint density at radius 2 is 2.18 bits per heavy atom. The molecule has 5 heteroatoms. The van der Waals surface area contributed by atoms with Crippen LogP contribution in [0.5, 0.6) is 11.5 Å². The molecule has 1 aromatic rings. The Bertz CT molecular complexity index is 419. The average Bonchev–Trinajstić information content (AvgIpc) is 2.95. The number of ether oxygens (including phenoxy) is 2. The second-order valence-electron chi connectivity index (χ2n) is 4.37. The molecule has 3 rings (SSSR count). The molecule has 17 heavy (non-hydrogen) atoms. The van der Waals surface area contributed by atoms with Crippen LogP contribution in [0.3, 0.4) is 0 Å². The Kier molecular flexibility index (Phi) is 3.22. The molecule has 4 nitrogen and oxygen atoms in total. The molecule has 0 saturated carbocycles. The lowest BCUT2D eigenvalue weighted by Crippen LogP contribution is -2.30. The van der Waals surface area contributed by atoms with Crippen molar-refractivity contribution in [1.29, 1.82) is 0 Å². The van der Waals surface area contributed by atoms with Crippen LogP contribution in [0.2, 0.25) is 0 Å². The molecule has 1 saturated heterocycles. The molecular weight excluding hydrogens is 284 g/mol. The summed E-state index contributed by atoms with van der Waals surface area (Å²) >= 11 is 3.57. The van der Waals surface area contributed by atoms with Gasteiger partial charge in [0.05, 0.1) is 0 Å². The Morgan fingerprint density at radius 3 is 2.94 bits per heavy atom. The van der Waals surface area contributed by atoms with Crippen molar-refractivity contribution < 1.29 is 9.47 Å². The molecule has 1 fully saturated rings.